The number of hydrogen-bond donors (Lipinski definition) is 0. The van der Waals surface area contributed by atoms with Crippen LogP contribution in [-0.4, -0.2) is 14.5 Å². The molecule has 132 valence electrons. The van der Waals surface area contributed by atoms with Crippen molar-refractivity contribution in [3.05, 3.63) is 91.5 Å². The standard InChI is InChI=1S/C24H15N3O/c1-2-5-16(6-3-1)17-8-11-22(26-15-17)27-23-18(19-12-14-28-24(19)27)9-10-21-20(23)7-4-13-25-21/h1-15H. The van der Waals surface area contributed by atoms with Crippen molar-refractivity contribution in [3.63, 3.8) is 0 Å². The molecule has 0 unspecified atom stereocenters. The van der Waals surface area contributed by atoms with Crippen molar-refractivity contribution in [1.29, 1.82) is 0 Å². The van der Waals surface area contributed by atoms with Gasteiger partial charge in [0.05, 0.1) is 17.3 Å². The quantitative estimate of drug-likeness (QED) is 0.381. The summed E-state index contributed by atoms with van der Waals surface area (Å²) in [4.78, 5) is 9.28. The summed E-state index contributed by atoms with van der Waals surface area (Å²) in [5.74, 6) is 0.825. The van der Waals surface area contributed by atoms with E-state index in [0.29, 0.717) is 0 Å². The molecule has 0 N–H and O–H groups in total. The van der Waals surface area contributed by atoms with Crippen molar-refractivity contribution in [2.24, 2.45) is 0 Å². The molecule has 2 aromatic carbocycles. The Hall–Kier alpha value is -3.92. The molecule has 6 rings (SSSR count). The molecule has 0 amide bonds. The molecule has 4 nitrogen and oxygen atoms in total. The van der Waals surface area contributed by atoms with Gasteiger partial charge in [-0.25, -0.2) is 4.98 Å². The third-order valence-electron chi connectivity index (χ3n) is 5.20. The molecule has 0 fully saturated rings. The third-order valence-corrected chi connectivity index (χ3v) is 5.20. The maximum Gasteiger partial charge on any atom is 0.213 e. The molecule has 6 aromatic rings. The fourth-order valence-corrected chi connectivity index (χ4v) is 3.91. The Morgan fingerprint density at radius 2 is 1.61 bits per heavy atom. The number of pyridine rings is 2. The van der Waals surface area contributed by atoms with Gasteiger partial charge in [0, 0.05) is 34.1 Å². The molecule has 4 heteroatoms. The van der Waals surface area contributed by atoms with Crippen LogP contribution in [0, 0.1) is 0 Å². The van der Waals surface area contributed by atoms with E-state index in [-0.39, 0.29) is 0 Å². The molecular formula is C24H15N3O. The van der Waals surface area contributed by atoms with Gasteiger partial charge in [0.15, 0.2) is 0 Å². The number of rotatable bonds is 2. The molecule has 4 heterocycles. The van der Waals surface area contributed by atoms with Crippen LogP contribution in [0.15, 0.2) is 95.9 Å². The first-order valence-electron chi connectivity index (χ1n) is 9.17. The van der Waals surface area contributed by atoms with Crippen LogP contribution in [0.4, 0.5) is 0 Å². The summed E-state index contributed by atoms with van der Waals surface area (Å²) >= 11 is 0. The highest BCUT2D eigenvalue weighted by Gasteiger charge is 2.18. The highest BCUT2D eigenvalue weighted by atomic mass is 16.3. The predicted octanol–water partition coefficient (Wildman–Crippen LogP) is 5.99. The lowest BCUT2D eigenvalue weighted by Gasteiger charge is -2.08. The Balaban J connectivity index is 1.65. The third kappa shape index (κ3) is 2.12. The van der Waals surface area contributed by atoms with Gasteiger partial charge in [-0.2, -0.15) is 0 Å². The minimum Gasteiger partial charge on any atom is -0.447 e. The van der Waals surface area contributed by atoms with Gasteiger partial charge < -0.3 is 4.42 Å². The minimum absolute atomic E-state index is 0.798. The first kappa shape index (κ1) is 15.2. The van der Waals surface area contributed by atoms with Gasteiger partial charge in [-0.1, -0.05) is 30.3 Å². The summed E-state index contributed by atoms with van der Waals surface area (Å²) in [6.45, 7) is 0. The van der Waals surface area contributed by atoms with E-state index in [4.69, 9.17) is 9.40 Å². The smallest absolute Gasteiger partial charge is 0.213 e. The van der Waals surface area contributed by atoms with Gasteiger partial charge in [-0.05, 0) is 48.0 Å². The van der Waals surface area contributed by atoms with Crippen LogP contribution in [0.2, 0.25) is 0 Å². The van der Waals surface area contributed by atoms with E-state index in [9.17, 15) is 0 Å². The van der Waals surface area contributed by atoms with E-state index in [1.807, 2.05) is 48.8 Å². The molecule has 0 aliphatic heterocycles. The predicted molar refractivity (Wildman–Crippen MR) is 112 cm³/mol. The fourth-order valence-electron chi connectivity index (χ4n) is 3.91. The zero-order chi connectivity index (χ0) is 18.5. The van der Waals surface area contributed by atoms with Crippen molar-refractivity contribution in [2.45, 2.75) is 0 Å². The van der Waals surface area contributed by atoms with Gasteiger partial charge in [-0.15, -0.1) is 0 Å². The van der Waals surface area contributed by atoms with Crippen molar-refractivity contribution in [3.8, 4) is 16.9 Å². The minimum atomic E-state index is 0.798. The van der Waals surface area contributed by atoms with Gasteiger partial charge in [0.2, 0.25) is 5.71 Å². The van der Waals surface area contributed by atoms with Crippen LogP contribution >= 0.6 is 0 Å². The Bertz CT molecular complexity index is 1440. The second-order valence-electron chi connectivity index (χ2n) is 6.78. The number of benzene rings is 2. The molecule has 0 saturated carbocycles. The number of furan rings is 1. The SMILES string of the molecule is c1ccc(-c2ccc(-n3c4occc4c4ccc5ncccc5c43)nc2)cc1. The maximum atomic E-state index is 5.85. The van der Waals surface area contributed by atoms with Gasteiger partial charge >= 0.3 is 0 Å². The van der Waals surface area contributed by atoms with E-state index >= 15 is 0 Å². The van der Waals surface area contributed by atoms with Crippen molar-refractivity contribution in [1.82, 2.24) is 14.5 Å². The molecule has 0 aliphatic rings. The molecule has 4 aromatic heterocycles. The van der Waals surface area contributed by atoms with E-state index in [1.54, 1.807) is 6.26 Å². The molecule has 0 radical (unpaired) electrons. The number of aromatic nitrogens is 3. The van der Waals surface area contributed by atoms with Crippen LogP contribution in [0.3, 0.4) is 0 Å². The maximum absolute atomic E-state index is 5.85. The van der Waals surface area contributed by atoms with E-state index in [1.165, 1.54) is 0 Å². The van der Waals surface area contributed by atoms with Gasteiger partial charge in [0.25, 0.3) is 0 Å². The summed E-state index contributed by atoms with van der Waals surface area (Å²) in [5.41, 5.74) is 5.06. The van der Waals surface area contributed by atoms with Crippen LogP contribution in [0.25, 0.3) is 49.9 Å². The second-order valence-corrected chi connectivity index (χ2v) is 6.78. The molecule has 0 bridgehead atoms. The van der Waals surface area contributed by atoms with Crippen LogP contribution in [0.1, 0.15) is 0 Å². The van der Waals surface area contributed by atoms with Crippen molar-refractivity contribution >= 4 is 32.9 Å². The summed E-state index contributed by atoms with van der Waals surface area (Å²) in [6, 6.07) is 24.6. The van der Waals surface area contributed by atoms with Gasteiger partial charge in [-0.3, -0.25) is 9.55 Å². The van der Waals surface area contributed by atoms with Crippen LogP contribution < -0.4 is 0 Å². The Morgan fingerprint density at radius 3 is 2.46 bits per heavy atom. The fraction of sp³-hybridized carbons (Fsp3) is 0. The second kappa shape index (κ2) is 5.79. The summed E-state index contributed by atoms with van der Waals surface area (Å²) in [7, 11) is 0. The topological polar surface area (TPSA) is 43.9 Å². The first-order valence-corrected chi connectivity index (χ1v) is 9.17. The average molecular weight is 361 g/mol. The van der Waals surface area contributed by atoms with Crippen molar-refractivity contribution in [2.75, 3.05) is 0 Å². The van der Waals surface area contributed by atoms with E-state index in [2.05, 4.69) is 45.9 Å². The molecule has 0 saturated heterocycles. The summed E-state index contributed by atoms with van der Waals surface area (Å²) < 4.78 is 7.94. The number of nitrogens with zero attached hydrogens (tertiary/aromatic N) is 3. The lowest BCUT2D eigenvalue weighted by atomic mass is 10.1. The van der Waals surface area contributed by atoms with Gasteiger partial charge in [0.1, 0.15) is 5.82 Å². The highest BCUT2D eigenvalue weighted by molar-refractivity contribution is 6.16. The molecule has 0 atom stereocenters. The van der Waals surface area contributed by atoms with Crippen LogP contribution in [-0.2, 0) is 0 Å². The number of fused-ring (bicyclic) bond motifs is 5. The lowest BCUT2D eigenvalue weighted by molar-refractivity contribution is 0.595. The molecular weight excluding hydrogens is 346 g/mol. The normalized spacial score (nSPS) is 11.6. The molecule has 0 spiro atoms. The number of hydrogen-bond acceptors (Lipinski definition) is 3. The van der Waals surface area contributed by atoms with E-state index < -0.39 is 0 Å². The molecule has 28 heavy (non-hydrogen) atoms. The average Bonchev–Trinajstić information content (AvgIpc) is 3.35. The summed E-state index contributed by atoms with van der Waals surface area (Å²) in [5, 5.41) is 3.30. The summed E-state index contributed by atoms with van der Waals surface area (Å²) in [6.07, 6.45) is 5.46. The monoisotopic (exact) mass is 361 g/mol. The zero-order valence-corrected chi connectivity index (χ0v) is 14.9. The highest BCUT2D eigenvalue weighted by Crippen LogP contribution is 2.36. The van der Waals surface area contributed by atoms with Crippen LogP contribution in [0.5, 0.6) is 0 Å². The van der Waals surface area contributed by atoms with Crippen molar-refractivity contribution < 1.29 is 4.42 Å². The Labute approximate surface area is 160 Å². The largest absolute Gasteiger partial charge is 0.447 e. The Morgan fingerprint density at radius 1 is 0.679 bits per heavy atom. The van der Waals surface area contributed by atoms with E-state index in [0.717, 1.165) is 49.9 Å². The first-order chi connectivity index (χ1) is 13.9. The Kier molecular flexibility index (Phi) is 3.14. The lowest BCUT2D eigenvalue weighted by Crippen LogP contribution is -1.97. The zero-order valence-electron chi connectivity index (χ0n) is 14.9. The molecule has 0 aliphatic carbocycles.